The summed E-state index contributed by atoms with van der Waals surface area (Å²) in [7, 11) is 1.24. The average Bonchev–Trinajstić information content (AvgIpc) is 2.02. The number of rotatable bonds is 3. The molecule has 0 aliphatic heterocycles. The largest absolute Gasteiger partial charge is 0.466 e. The van der Waals surface area contributed by atoms with E-state index in [1.54, 1.807) is 0 Å². The minimum atomic E-state index is -0.829. The van der Waals surface area contributed by atoms with Crippen LogP contribution in [-0.4, -0.2) is 30.5 Å². The summed E-state index contributed by atoms with van der Waals surface area (Å²) in [6, 6.07) is 0. The highest BCUT2D eigenvalue weighted by atomic mass is 79.9. The summed E-state index contributed by atoms with van der Waals surface area (Å²) in [5.41, 5.74) is 0. The highest BCUT2D eigenvalue weighted by molar-refractivity contribution is 9.09. The van der Waals surface area contributed by atoms with Crippen LogP contribution in [0, 0.1) is 0 Å². The molecule has 0 aromatic carbocycles. The summed E-state index contributed by atoms with van der Waals surface area (Å²) < 4.78 is 8.92. The second-order valence-electron chi connectivity index (χ2n) is 1.79. The van der Waals surface area contributed by atoms with Gasteiger partial charge in [-0.25, -0.2) is 4.79 Å². The monoisotopic (exact) mass is 224 g/mol. The van der Waals surface area contributed by atoms with Crippen molar-refractivity contribution in [2.24, 2.45) is 0 Å². The van der Waals surface area contributed by atoms with Crippen molar-refractivity contribution in [3.63, 3.8) is 0 Å². The van der Waals surface area contributed by atoms with Gasteiger partial charge in [-0.05, 0) is 6.92 Å². The zero-order chi connectivity index (χ0) is 8.85. The maximum atomic E-state index is 10.6. The maximum Gasteiger partial charge on any atom is 0.346 e. The Morgan fingerprint density at radius 3 is 2.45 bits per heavy atom. The van der Waals surface area contributed by atoms with Crippen LogP contribution in [0.5, 0.6) is 0 Å². The lowest BCUT2D eigenvalue weighted by Gasteiger charge is -2.08. The van der Waals surface area contributed by atoms with E-state index in [1.165, 1.54) is 14.0 Å². The fraction of sp³-hybridized carbons (Fsp3) is 0.667. The molecule has 0 spiro atoms. The number of alkyl halides is 1. The summed E-state index contributed by atoms with van der Waals surface area (Å²) in [6.07, 6.45) is -0.829. The quantitative estimate of drug-likeness (QED) is 0.518. The van der Waals surface area contributed by atoms with Gasteiger partial charge in [-0.1, -0.05) is 15.9 Å². The van der Waals surface area contributed by atoms with Gasteiger partial charge in [-0.3, -0.25) is 4.79 Å². The molecule has 0 saturated heterocycles. The average molecular weight is 225 g/mol. The summed E-state index contributed by atoms with van der Waals surface area (Å²) >= 11 is 2.89. The number of methoxy groups -OCH3 is 1. The van der Waals surface area contributed by atoms with Crippen LogP contribution in [0.15, 0.2) is 0 Å². The standard InChI is InChI=1S/C6H9BrO4/c1-4(6(9)10-2)11-5(8)3-7/h4H,3H2,1-2H3/t4-/m0/s1. The Morgan fingerprint density at radius 2 is 2.09 bits per heavy atom. The number of carbonyl (C=O) groups is 2. The topological polar surface area (TPSA) is 52.6 Å². The molecular formula is C6H9BrO4. The second-order valence-corrected chi connectivity index (χ2v) is 2.35. The van der Waals surface area contributed by atoms with Crippen LogP contribution in [0.4, 0.5) is 0 Å². The Hall–Kier alpha value is -0.580. The Morgan fingerprint density at radius 1 is 1.55 bits per heavy atom. The van der Waals surface area contributed by atoms with E-state index in [4.69, 9.17) is 0 Å². The molecule has 0 saturated carbocycles. The molecule has 0 aromatic heterocycles. The van der Waals surface area contributed by atoms with Crippen molar-refractivity contribution in [2.75, 3.05) is 12.4 Å². The first-order valence-electron chi connectivity index (χ1n) is 2.95. The molecule has 1 atom stereocenters. The molecule has 0 aliphatic carbocycles. The molecule has 5 heteroatoms. The summed E-state index contributed by atoms with van der Waals surface area (Å²) in [6.45, 7) is 1.45. The van der Waals surface area contributed by atoms with E-state index in [-0.39, 0.29) is 5.33 Å². The van der Waals surface area contributed by atoms with Crippen LogP contribution in [-0.2, 0) is 19.1 Å². The molecule has 0 heterocycles. The minimum absolute atomic E-state index is 0.0777. The zero-order valence-electron chi connectivity index (χ0n) is 6.30. The molecule has 0 aromatic rings. The molecule has 0 bridgehead atoms. The van der Waals surface area contributed by atoms with Gasteiger partial charge in [0, 0.05) is 0 Å². The predicted octanol–water partition coefficient (Wildman–Crippen LogP) is 0.486. The van der Waals surface area contributed by atoms with E-state index in [0.717, 1.165) is 0 Å². The van der Waals surface area contributed by atoms with E-state index in [0.29, 0.717) is 0 Å². The summed E-state index contributed by atoms with van der Waals surface area (Å²) in [4.78, 5) is 21.2. The van der Waals surface area contributed by atoms with Crippen molar-refractivity contribution in [3.05, 3.63) is 0 Å². The van der Waals surface area contributed by atoms with Crippen LogP contribution in [0.25, 0.3) is 0 Å². The molecule has 0 amide bonds. The Balaban J connectivity index is 3.77. The van der Waals surface area contributed by atoms with Gasteiger partial charge >= 0.3 is 11.9 Å². The lowest BCUT2D eigenvalue weighted by molar-refractivity contribution is -0.162. The highest BCUT2D eigenvalue weighted by Gasteiger charge is 2.16. The maximum absolute atomic E-state index is 10.6. The SMILES string of the molecule is COC(=O)[C@H](C)OC(=O)CBr. The first-order valence-corrected chi connectivity index (χ1v) is 4.07. The molecule has 0 fully saturated rings. The molecule has 0 aliphatic rings. The van der Waals surface area contributed by atoms with Crippen LogP contribution in [0.1, 0.15) is 6.92 Å². The molecule has 0 rings (SSSR count). The van der Waals surface area contributed by atoms with Gasteiger partial charge in [0.05, 0.1) is 7.11 Å². The van der Waals surface area contributed by atoms with Gasteiger partial charge in [-0.15, -0.1) is 0 Å². The van der Waals surface area contributed by atoms with Gasteiger partial charge in [-0.2, -0.15) is 0 Å². The van der Waals surface area contributed by atoms with Crippen molar-refractivity contribution in [1.82, 2.24) is 0 Å². The van der Waals surface area contributed by atoms with Crippen molar-refractivity contribution in [2.45, 2.75) is 13.0 Å². The minimum Gasteiger partial charge on any atom is -0.466 e. The lowest BCUT2D eigenvalue weighted by atomic mass is 10.4. The first-order chi connectivity index (χ1) is 5.11. The number of esters is 2. The number of hydrogen-bond acceptors (Lipinski definition) is 4. The molecule has 0 unspecified atom stereocenters. The van der Waals surface area contributed by atoms with Crippen LogP contribution in [0.3, 0.4) is 0 Å². The van der Waals surface area contributed by atoms with Crippen LogP contribution in [0.2, 0.25) is 0 Å². The van der Waals surface area contributed by atoms with Gasteiger partial charge < -0.3 is 9.47 Å². The Labute approximate surface area is 73.0 Å². The molecule has 4 nitrogen and oxygen atoms in total. The summed E-state index contributed by atoms with van der Waals surface area (Å²) in [5, 5.41) is 0.0777. The Bertz CT molecular complexity index is 157. The van der Waals surface area contributed by atoms with E-state index in [1.807, 2.05) is 0 Å². The van der Waals surface area contributed by atoms with Gasteiger partial charge in [0.15, 0.2) is 6.10 Å². The second kappa shape index (κ2) is 5.12. The first kappa shape index (κ1) is 10.4. The van der Waals surface area contributed by atoms with Crippen LogP contribution >= 0.6 is 15.9 Å². The predicted molar refractivity (Wildman–Crippen MR) is 41.4 cm³/mol. The molecule has 0 N–H and O–H groups in total. The zero-order valence-corrected chi connectivity index (χ0v) is 7.88. The Kier molecular flexibility index (Phi) is 4.85. The van der Waals surface area contributed by atoms with Crippen molar-refractivity contribution in [1.29, 1.82) is 0 Å². The highest BCUT2D eigenvalue weighted by Crippen LogP contribution is 1.95. The normalized spacial score (nSPS) is 11.9. The molecule has 0 radical (unpaired) electrons. The smallest absolute Gasteiger partial charge is 0.346 e. The van der Waals surface area contributed by atoms with Crippen molar-refractivity contribution >= 4 is 27.9 Å². The number of halogens is 1. The molecule has 11 heavy (non-hydrogen) atoms. The van der Waals surface area contributed by atoms with Gasteiger partial charge in [0.1, 0.15) is 5.33 Å². The third-order valence-electron chi connectivity index (χ3n) is 0.950. The third kappa shape index (κ3) is 3.98. The lowest BCUT2D eigenvalue weighted by Crippen LogP contribution is -2.25. The number of carbonyl (C=O) groups excluding carboxylic acids is 2. The van der Waals surface area contributed by atoms with E-state index < -0.39 is 18.0 Å². The van der Waals surface area contributed by atoms with Crippen molar-refractivity contribution in [3.8, 4) is 0 Å². The number of hydrogen-bond donors (Lipinski definition) is 0. The fourth-order valence-corrected chi connectivity index (χ4v) is 0.575. The van der Waals surface area contributed by atoms with Crippen LogP contribution < -0.4 is 0 Å². The van der Waals surface area contributed by atoms with Gasteiger partial charge in [0.2, 0.25) is 0 Å². The summed E-state index contributed by atoms with van der Waals surface area (Å²) in [5.74, 6) is -1.04. The van der Waals surface area contributed by atoms with Crippen molar-refractivity contribution < 1.29 is 19.1 Å². The van der Waals surface area contributed by atoms with E-state index in [2.05, 4.69) is 25.4 Å². The van der Waals surface area contributed by atoms with E-state index in [9.17, 15) is 9.59 Å². The third-order valence-corrected chi connectivity index (χ3v) is 1.41. The molecule has 64 valence electrons. The fourth-order valence-electron chi connectivity index (χ4n) is 0.443. The van der Waals surface area contributed by atoms with Gasteiger partial charge in [0.25, 0.3) is 0 Å². The number of ether oxygens (including phenoxy) is 2. The molecular weight excluding hydrogens is 216 g/mol. The van der Waals surface area contributed by atoms with E-state index >= 15 is 0 Å².